The summed E-state index contributed by atoms with van der Waals surface area (Å²) < 4.78 is 5.99. The molecule has 0 atom stereocenters. The highest BCUT2D eigenvalue weighted by molar-refractivity contribution is 5.97. The second-order valence-corrected chi connectivity index (χ2v) is 8.51. The average Bonchev–Trinajstić information content (AvgIpc) is 3.48. The van der Waals surface area contributed by atoms with Gasteiger partial charge in [-0.1, -0.05) is 48.5 Å². The average molecular weight is 386 g/mol. The zero-order valence-electron chi connectivity index (χ0n) is 16.7. The summed E-state index contributed by atoms with van der Waals surface area (Å²) in [5.74, 6) is 0.705. The van der Waals surface area contributed by atoms with Crippen LogP contribution in [0.2, 0.25) is 0 Å². The standard InChI is InChI=1S/C25H26N2O2/c1-16-9-10-19(29-20-13-18(26)14-20)15-22(16)24(28)27-25(11-12-25)23-8-4-6-17-5-2-3-7-21(17)23/h2-10,15,18,20H,11-14,26H2,1H3,(H,27,28). The number of fused-ring (bicyclic) bond motifs is 1. The van der Waals surface area contributed by atoms with Crippen LogP contribution in [0.25, 0.3) is 10.8 Å². The zero-order chi connectivity index (χ0) is 20.0. The van der Waals surface area contributed by atoms with Crippen LogP contribution in [0, 0.1) is 6.92 Å². The van der Waals surface area contributed by atoms with Crippen molar-refractivity contribution in [2.24, 2.45) is 5.73 Å². The lowest BCUT2D eigenvalue weighted by Gasteiger charge is -2.32. The summed E-state index contributed by atoms with van der Waals surface area (Å²) in [6.07, 6.45) is 3.83. The molecule has 29 heavy (non-hydrogen) atoms. The van der Waals surface area contributed by atoms with Crippen LogP contribution in [0.5, 0.6) is 5.75 Å². The van der Waals surface area contributed by atoms with Gasteiger partial charge in [-0.2, -0.15) is 0 Å². The minimum Gasteiger partial charge on any atom is -0.490 e. The molecule has 0 aliphatic heterocycles. The number of ether oxygens (including phenoxy) is 1. The van der Waals surface area contributed by atoms with Crippen LogP contribution in [0.15, 0.2) is 60.7 Å². The smallest absolute Gasteiger partial charge is 0.252 e. The zero-order valence-corrected chi connectivity index (χ0v) is 16.7. The Balaban J connectivity index is 1.40. The molecule has 0 aromatic heterocycles. The molecule has 3 aromatic rings. The van der Waals surface area contributed by atoms with E-state index in [-0.39, 0.29) is 23.6 Å². The second kappa shape index (κ2) is 6.89. The number of benzene rings is 3. The fraction of sp³-hybridized carbons (Fsp3) is 0.320. The van der Waals surface area contributed by atoms with Gasteiger partial charge in [0.2, 0.25) is 0 Å². The Labute approximate surface area is 171 Å². The number of nitrogens with two attached hydrogens (primary N) is 1. The number of carbonyl (C=O) groups excluding carboxylic acids is 1. The first kappa shape index (κ1) is 18.2. The normalized spacial score (nSPS) is 22.0. The lowest BCUT2D eigenvalue weighted by atomic mass is 9.90. The highest BCUT2D eigenvalue weighted by atomic mass is 16.5. The molecule has 2 fully saturated rings. The van der Waals surface area contributed by atoms with E-state index in [1.165, 1.54) is 16.3 Å². The van der Waals surface area contributed by atoms with Gasteiger partial charge < -0.3 is 15.8 Å². The summed E-state index contributed by atoms with van der Waals surface area (Å²) in [5.41, 5.74) is 8.41. The van der Waals surface area contributed by atoms with E-state index in [4.69, 9.17) is 10.5 Å². The third-order valence-electron chi connectivity index (χ3n) is 6.30. The third kappa shape index (κ3) is 3.38. The van der Waals surface area contributed by atoms with E-state index in [1.807, 2.05) is 31.2 Å². The number of hydrogen-bond donors (Lipinski definition) is 2. The molecule has 1 amide bonds. The highest BCUT2D eigenvalue weighted by Gasteiger charge is 2.46. The molecule has 2 aliphatic carbocycles. The molecule has 0 spiro atoms. The molecule has 2 saturated carbocycles. The molecule has 2 aliphatic rings. The Morgan fingerprint density at radius 3 is 2.59 bits per heavy atom. The van der Waals surface area contributed by atoms with Gasteiger partial charge in [0, 0.05) is 11.6 Å². The summed E-state index contributed by atoms with van der Waals surface area (Å²) in [5, 5.41) is 5.75. The maximum absolute atomic E-state index is 13.2. The number of nitrogens with one attached hydrogen (secondary N) is 1. The maximum atomic E-state index is 13.2. The van der Waals surface area contributed by atoms with Crippen molar-refractivity contribution in [3.8, 4) is 5.75 Å². The molecule has 0 heterocycles. The van der Waals surface area contributed by atoms with E-state index in [2.05, 4.69) is 41.7 Å². The van der Waals surface area contributed by atoms with Gasteiger partial charge in [-0.25, -0.2) is 0 Å². The van der Waals surface area contributed by atoms with Gasteiger partial charge in [0.05, 0.1) is 5.54 Å². The van der Waals surface area contributed by atoms with Crippen molar-refractivity contribution in [1.29, 1.82) is 0 Å². The number of rotatable bonds is 5. The molecule has 5 rings (SSSR count). The number of hydrogen-bond acceptors (Lipinski definition) is 3. The quantitative estimate of drug-likeness (QED) is 0.681. The van der Waals surface area contributed by atoms with Crippen LogP contribution in [0.3, 0.4) is 0 Å². The van der Waals surface area contributed by atoms with E-state index < -0.39 is 0 Å². The van der Waals surface area contributed by atoms with Crippen LogP contribution in [0.4, 0.5) is 0 Å². The SMILES string of the molecule is Cc1ccc(OC2CC(N)C2)cc1C(=O)NC1(c2cccc3ccccc23)CC1. The van der Waals surface area contributed by atoms with Crippen LogP contribution >= 0.6 is 0 Å². The van der Waals surface area contributed by atoms with Gasteiger partial charge in [0.1, 0.15) is 11.9 Å². The summed E-state index contributed by atoms with van der Waals surface area (Å²) in [7, 11) is 0. The topological polar surface area (TPSA) is 64.3 Å². The van der Waals surface area contributed by atoms with Gasteiger partial charge in [-0.05, 0) is 66.6 Å². The van der Waals surface area contributed by atoms with Crippen molar-refractivity contribution < 1.29 is 9.53 Å². The Morgan fingerprint density at radius 1 is 1.07 bits per heavy atom. The van der Waals surface area contributed by atoms with E-state index in [0.29, 0.717) is 5.56 Å². The van der Waals surface area contributed by atoms with Crippen molar-refractivity contribution in [2.45, 2.75) is 50.3 Å². The molecule has 4 heteroatoms. The van der Waals surface area contributed by atoms with E-state index >= 15 is 0 Å². The van der Waals surface area contributed by atoms with E-state index in [1.54, 1.807) is 0 Å². The fourth-order valence-electron chi connectivity index (χ4n) is 4.33. The monoisotopic (exact) mass is 386 g/mol. The number of amides is 1. The van der Waals surface area contributed by atoms with Crippen molar-refractivity contribution in [3.63, 3.8) is 0 Å². The predicted molar refractivity (Wildman–Crippen MR) is 115 cm³/mol. The first-order valence-corrected chi connectivity index (χ1v) is 10.4. The van der Waals surface area contributed by atoms with Gasteiger partial charge in [0.25, 0.3) is 5.91 Å². The Hall–Kier alpha value is -2.85. The molecular weight excluding hydrogens is 360 g/mol. The first-order valence-electron chi connectivity index (χ1n) is 10.4. The molecule has 3 N–H and O–H groups in total. The predicted octanol–water partition coefficient (Wildman–Crippen LogP) is 4.44. The molecule has 0 unspecified atom stereocenters. The van der Waals surface area contributed by atoms with Gasteiger partial charge in [-0.15, -0.1) is 0 Å². The van der Waals surface area contributed by atoms with Crippen LogP contribution in [-0.4, -0.2) is 18.1 Å². The van der Waals surface area contributed by atoms with E-state index in [9.17, 15) is 4.79 Å². The Kier molecular flexibility index (Phi) is 4.32. The Bertz CT molecular complexity index is 1080. The molecule has 0 saturated heterocycles. The summed E-state index contributed by atoms with van der Waals surface area (Å²) >= 11 is 0. The number of aryl methyl sites for hydroxylation is 1. The van der Waals surface area contributed by atoms with Crippen LogP contribution in [0.1, 0.15) is 47.2 Å². The van der Waals surface area contributed by atoms with E-state index in [0.717, 1.165) is 37.0 Å². The minimum atomic E-state index is -0.276. The van der Waals surface area contributed by atoms with Gasteiger partial charge >= 0.3 is 0 Å². The molecule has 148 valence electrons. The highest BCUT2D eigenvalue weighted by Crippen LogP contribution is 2.48. The number of carbonyl (C=O) groups is 1. The first-order chi connectivity index (χ1) is 14.0. The maximum Gasteiger partial charge on any atom is 0.252 e. The molecular formula is C25H26N2O2. The van der Waals surface area contributed by atoms with Crippen LogP contribution in [-0.2, 0) is 5.54 Å². The van der Waals surface area contributed by atoms with Crippen molar-refractivity contribution in [2.75, 3.05) is 0 Å². The second-order valence-electron chi connectivity index (χ2n) is 8.51. The lowest BCUT2D eigenvalue weighted by molar-refractivity contribution is 0.0920. The molecule has 4 nitrogen and oxygen atoms in total. The van der Waals surface area contributed by atoms with Crippen LogP contribution < -0.4 is 15.8 Å². The van der Waals surface area contributed by atoms with Crippen molar-refractivity contribution >= 4 is 16.7 Å². The third-order valence-corrected chi connectivity index (χ3v) is 6.30. The summed E-state index contributed by atoms with van der Waals surface area (Å²) in [6, 6.07) is 20.7. The van der Waals surface area contributed by atoms with Crippen molar-refractivity contribution in [1.82, 2.24) is 5.32 Å². The molecule has 0 bridgehead atoms. The summed E-state index contributed by atoms with van der Waals surface area (Å²) in [4.78, 5) is 13.2. The largest absolute Gasteiger partial charge is 0.490 e. The fourth-order valence-corrected chi connectivity index (χ4v) is 4.33. The molecule has 3 aromatic carbocycles. The lowest BCUT2D eigenvalue weighted by Crippen LogP contribution is -2.43. The minimum absolute atomic E-state index is 0.0382. The van der Waals surface area contributed by atoms with Crippen molar-refractivity contribution in [3.05, 3.63) is 77.4 Å². The summed E-state index contributed by atoms with van der Waals surface area (Å²) in [6.45, 7) is 1.97. The Morgan fingerprint density at radius 2 is 1.83 bits per heavy atom. The van der Waals surface area contributed by atoms with Gasteiger partial charge in [-0.3, -0.25) is 4.79 Å². The molecule has 0 radical (unpaired) electrons. The van der Waals surface area contributed by atoms with Gasteiger partial charge in [0.15, 0.2) is 0 Å².